The number of rotatable bonds is 6. The molecule has 1 N–H and O–H groups in total. The van der Waals surface area contributed by atoms with Crippen LogP contribution in [0, 0.1) is 12.8 Å². The number of methoxy groups -OCH3 is 1. The van der Waals surface area contributed by atoms with Gasteiger partial charge < -0.3 is 15.0 Å². The number of amides is 2. The van der Waals surface area contributed by atoms with Crippen LogP contribution < -0.4 is 10.2 Å². The molecule has 138 valence electrons. The van der Waals surface area contributed by atoms with Gasteiger partial charge in [0.2, 0.25) is 11.8 Å². The van der Waals surface area contributed by atoms with Gasteiger partial charge in [-0.05, 0) is 37.4 Å². The van der Waals surface area contributed by atoms with E-state index in [9.17, 15) is 9.59 Å². The fourth-order valence-corrected chi connectivity index (χ4v) is 4.29. The Morgan fingerprint density at radius 3 is 2.69 bits per heavy atom. The Labute approximate surface area is 158 Å². The maximum atomic E-state index is 12.9. The van der Waals surface area contributed by atoms with Crippen LogP contribution in [-0.2, 0) is 14.3 Å². The highest BCUT2D eigenvalue weighted by Crippen LogP contribution is 2.43. The summed E-state index contributed by atoms with van der Waals surface area (Å²) in [6.45, 7) is 4.35. The van der Waals surface area contributed by atoms with E-state index in [1.807, 2.05) is 55.6 Å². The van der Waals surface area contributed by atoms with Crippen LogP contribution in [0.25, 0.3) is 0 Å². The molecule has 0 saturated carbocycles. The molecule has 0 bridgehead atoms. The average Bonchev–Trinajstić information content (AvgIpc) is 3.23. The van der Waals surface area contributed by atoms with Gasteiger partial charge in [-0.25, -0.2) is 0 Å². The van der Waals surface area contributed by atoms with Crippen molar-refractivity contribution in [1.29, 1.82) is 0 Å². The van der Waals surface area contributed by atoms with Crippen LogP contribution in [0.2, 0.25) is 0 Å². The molecule has 0 aliphatic carbocycles. The SMILES string of the molecule is COC[C@@H](C)NC(=O)[C@@H]1CC(=O)N(c2ccc(C)cc2)[C@@H]1c1cccs1. The molecule has 0 spiro atoms. The largest absolute Gasteiger partial charge is 0.383 e. The predicted molar refractivity (Wildman–Crippen MR) is 103 cm³/mol. The molecule has 1 aromatic heterocycles. The molecule has 2 heterocycles. The Bertz CT molecular complexity index is 758. The van der Waals surface area contributed by atoms with E-state index in [0.717, 1.165) is 16.1 Å². The van der Waals surface area contributed by atoms with Gasteiger partial charge in [-0.1, -0.05) is 23.8 Å². The van der Waals surface area contributed by atoms with Crippen LogP contribution in [0.1, 0.15) is 29.8 Å². The van der Waals surface area contributed by atoms with Crippen LogP contribution in [-0.4, -0.2) is 31.6 Å². The van der Waals surface area contributed by atoms with E-state index in [-0.39, 0.29) is 30.3 Å². The number of hydrogen-bond donors (Lipinski definition) is 1. The Morgan fingerprint density at radius 1 is 1.35 bits per heavy atom. The lowest BCUT2D eigenvalue weighted by Gasteiger charge is -2.28. The van der Waals surface area contributed by atoms with Crippen LogP contribution in [0.5, 0.6) is 0 Å². The van der Waals surface area contributed by atoms with Gasteiger partial charge in [-0.15, -0.1) is 11.3 Å². The van der Waals surface area contributed by atoms with Crippen molar-refractivity contribution in [2.75, 3.05) is 18.6 Å². The topological polar surface area (TPSA) is 58.6 Å². The molecule has 0 radical (unpaired) electrons. The summed E-state index contributed by atoms with van der Waals surface area (Å²) in [6, 6.07) is 11.4. The summed E-state index contributed by atoms with van der Waals surface area (Å²) in [5.74, 6) is -0.538. The summed E-state index contributed by atoms with van der Waals surface area (Å²) >= 11 is 1.58. The van der Waals surface area contributed by atoms with Gasteiger partial charge in [0, 0.05) is 30.1 Å². The van der Waals surface area contributed by atoms with Crippen LogP contribution in [0.4, 0.5) is 5.69 Å². The minimum absolute atomic E-state index is 0.0215. The number of nitrogens with one attached hydrogen (secondary N) is 1. The molecular formula is C20H24N2O3S. The van der Waals surface area contributed by atoms with Crippen LogP contribution >= 0.6 is 11.3 Å². The zero-order valence-corrected chi connectivity index (χ0v) is 16.1. The summed E-state index contributed by atoms with van der Waals surface area (Å²) in [7, 11) is 1.61. The number of carbonyl (C=O) groups excluding carboxylic acids is 2. The highest BCUT2D eigenvalue weighted by molar-refractivity contribution is 7.10. The number of anilines is 1. The molecule has 5 nitrogen and oxygen atoms in total. The first-order chi connectivity index (χ1) is 12.5. The Kier molecular flexibility index (Phi) is 5.74. The van der Waals surface area contributed by atoms with Gasteiger partial charge in [0.25, 0.3) is 0 Å². The van der Waals surface area contributed by atoms with Gasteiger partial charge in [0.05, 0.1) is 18.6 Å². The van der Waals surface area contributed by atoms with Gasteiger partial charge in [-0.2, -0.15) is 0 Å². The third kappa shape index (κ3) is 3.81. The van der Waals surface area contributed by atoms with E-state index in [1.54, 1.807) is 23.3 Å². The molecule has 1 fully saturated rings. The van der Waals surface area contributed by atoms with Crippen molar-refractivity contribution in [3.05, 3.63) is 52.2 Å². The molecule has 2 amide bonds. The lowest BCUT2D eigenvalue weighted by molar-refractivity contribution is -0.127. The van der Waals surface area contributed by atoms with Gasteiger partial charge >= 0.3 is 0 Å². The molecule has 1 saturated heterocycles. The summed E-state index contributed by atoms with van der Waals surface area (Å²) in [6.07, 6.45) is 0.210. The Hall–Kier alpha value is -2.18. The lowest BCUT2D eigenvalue weighted by Crippen LogP contribution is -2.41. The second-order valence-electron chi connectivity index (χ2n) is 6.74. The first-order valence-electron chi connectivity index (χ1n) is 8.72. The lowest BCUT2D eigenvalue weighted by atomic mass is 9.97. The minimum atomic E-state index is -0.415. The Balaban J connectivity index is 1.91. The van der Waals surface area contributed by atoms with Gasteiger partial charge in [0.1, 0.15) is 0 Å². The minimum Gasteiger partial charge on any atom is -0.383 e. The number of ether oxygens (including phenoxy) is 1. The first kappa shape index (κ1) is 18.6. The number of benzene rings is 1. The number of thiophene rings is 1. The zero-order valence-electron chi connectivity index (χ0n) is 15.3. The van der Waals surface area contributed by atoms with E-state index in [1.165, 1.54) is 0 Å². The number of carbonyl (C=O) groups is 2. The maximum absolute atomic E-state index is 12.9. The van der Waals surface area contributed by atoms with Gasteiger partial charge in [0.15, 0.2) is 0 Å². The first-order valence-corrected chi connectivity index (χ1v) is 9.60. The maximum Gasteiger partial charge on any atom is 0.228 e. The smallest absolute Gasteiger partial charge is 0.228 e. The molecule has 1 aliphatic rings. The van der Waals surface area contributed by atoms with Crippen molar-refractivity contribution in [3.63, 3.8) is 0 Å². The normalized spacial score (nSPS) is 21.0. The summed E-state index contributed by atoms with van der Waals surface area (Å²) < 4.78 is 5.10. The summed E-state index contributed by atoms with van der Waals surface area (Å²) in [4.78, 5) is 28.5. The molecule has 26 heavy (non-hydrogen) atoms. The van der Waals surface area contributed by atoms with E-state index < -0.39 is 5.92 Å². The van der Waals surface area contributed by atoms with Crippen molar-refractivity contribution >= 4 is 28.8 Å². The zero-order chi connectivity index (χ0) is 18.7. The summed E-state index contributed by atoms with van der Waals surface area (Å²) in [5.41, 5.74) is 1.97. The highest BCUT2D eigenvalue weighted by Gasteiger charge is 2.45. The number of hydrogen-bond acceptors (Lipinski definition) is 4. The fourth-order valence-electron chi connectivity index (χ4n) is 3.41. The van der Waals surface area contributed by atoms with Crippen molar-refractivity contribution in [1.82, 2.24) is 5.32 Å². The van der Waals surface area contributed by atoms with E-state index >= 15 is 0 Å². The molecule has 3 atom stereocenters. The molecular weight excluding hydrogens is 348 g/mol. The standard InChI is InChI=1S/C20H24N2O3S/c1-13-6-8-15(9-7-13)22-18(23)11-16(19(22)17-5-4-10-26-17)20(24)21-14(2)12-25-3/h4-10,14,16,19H,11-12H2,1-3H3,(H,21,24)/t14-,16-,19+/m1/s1. The highest BCUT2D eigenvalue weighted by atomic mass is 32.1. The third-order valence-corrected chi connectivity index (χ3v) is 5.55. The molecule has 3 rings (SSSR count). The quantitative estimate of drug-likeness (QED) is 0.846. The molecule has 1 aromatic carbocycles. The monoisotopic (exact) mass is 372 g/mol. The van der Waals surface area contributed by atoms with E-state index in [2.05, 4.69) is 5.32 Å². The van der Waals surface area contributed by atoms with E-state index in [0.29, 0.717) is 6.61 Å². The van der Waals surface area contributed by atoms with Gasteiger partial charge in [-0.3, -0.25) is 9.59 Å². The van der Waals surface area contributed by atoms with Crippen molar-refractivity contribution in [2.24, 2.45) is 5.92 Å². The molecule has 1 aliphatic heterocycles. The summed E-state index contributed by atoms with van der Waals surface area (Å²) in [5, 5.41) is 4.96. The Morgan fingerprint density at radius 2 is 2.08 bits per heavy atom. The van der Waals surface area contributed by atoms with Crippen molar-refractivity contribution < 1.29 is 14.3 Å². The average molecular weight is 372 g/mol. The van der Waals surface area contributed by atoms with Crippen LogP contribution in [0.15, 0.2) is 41.8 Å². The third-order valence-electron chi connectivity index (χ3n) is 4.61. The predicted octanol–water partition coefficient (Wildman–Crippen LogP) is 3.30. The van der Waals surface area contributed by atoms with Crippen LogP contribution in [0.3, 0.4) is 0 Å². The number of aryl methyl sites for hydroxylation is 1. The molecule has 6 heteroatoms. The van der Waals surface area contributed by atoms with E-state index in [4.69, 9.17) is 4.74 Å². The molecule has 2 aromatic rings. The molecule has 0 unspecified atom stereocenters. The van der Waals surface area contributed by atoms with Crippen molar-refractivity contribution in [3.8, 4) is 0 Å². The second kappa shape index (κ2) is 8.01. The fraction of sp³-hybridized carbons (Fsp3) is 0.400. The van der Waals surface area contributed by atoms with Crippen molar-refractivity contribution in [2.45, 2.75) is 32.4 Å². The number of nitrogens with zero attached hydrogens (tertiary/aromatic N) is 1. The second-order valence-corrected chi connectivity index (χ2v) is 7.71.